The van der Waals surface area contributed by atoms with E-state index in [0.29, 0.717) is 29.6 Å². The minimum Gasteiger partial charge on any atom is -0.351 e. The lowest BCUT2D eigenvalue weighted by molar-refractivity contribution is 0.138. The lowest BCUT2D eigenvalue weighted by Gasteiger charge is -2.47. The molecule has 2 fully saturated rings. The third kappa shape index (κ3) is 4.46. The highest BCUT2D eigenvalue weighted by Gasteiger charge is 2.41. The van der Waals surface area contributed by atoms with Crippen molar-refractivity contribution in [1.82, 2.24) is 34.2 Å². The molecule has 0 spiro atoms. The van der Waals surface area contributed by atoms with Crippen molar-refractivity contribution in [3.05, 3.63) is 36.4 Å². The van der Waals surface area contributed by atoms with E-state index in [0.717, 1.165) is 18.9 Å². The Balaban J connectivity index is 1.45. The van der Waals surface area contributed by atoms with Crippen LogP contribution in [-0.4, -0.2) is 77.7 Å². The van der Waals surface area contributed by atoms with E-state index < -0.39 is 17.4 Å². The number of hydrogen-bond acceptors (Lipinski definition) is 7. The zero-order valence-corrected chi connectivity index (χ0v) is 19.3. The summed E-state index contributed by atoms with van der Waals surface area (Å²) in [6.45, 7) is 4.49. The van der Waals surface area contributed by atoms with Crippen LogP contribution in [0, 0.1) is 0 Å². The molecule has 3 atom stereocenters. The van der Waals surface area contributed by atoms with Gasteiger partial charge < -0.3 is 4.90 Å². The number of imidazole rings is 1. The molecule has 2 aliphatic rings. The molecule has 12 heteroatoms. The van der Waals surface area contributed by atoms with Crippen molar-refractivity contribution < 1.29 is 13.0 Å². The van der Waals surface area contributed by atoms with Crippen molar-refractivity contribution in [2.75, 3.05) is 30.8 Å². The monoisotopic (exact) mass is 476 g/mol. The minimum atomic E-state index is -2.67. The first kappa shape index (κ1) is 22.2. The van der Waals surface area contributed by atoms with E-state index in [1.54, 1.807) is 12.5 Å². The van der Waals surface area contributed by atoms with Crippen LogP contribution in [0.15, 0.2) is 30.7 Å². The molecule has 1 saturated heterocycles. The Hall–Kier alpha value is -2.57. The smallest absolute Gasteiger partial charge is 0.282 e. The van der Waals surface area contributed by atoms with Crippen LogP contribution in [0.1, 0.15) is 31.9 Å². The first-order valence-electron chi connectivity index (χ1n) is 11.0. The molecule has 176 valence electrons. The standard InChI is InChI=1S/C21H26F2N8OS/c1-13-17(11-27-33(2)32)30(14-3-4-14)8-7-29(13)20-9-16(25-12-26-20)18-10-24-19-6-5-15(21(22)23)28-31(18)19/h5-6,9-10,12-14,17,21,27H,3-4,7-8,11H2,1-2H3. The van der Waals surface area contributed by atoms with E-state index in [1.165, 1.54) is 35.8 Å². The zero-order chi connectivity index (χ0) is 23.1. The quantitative estimate of drug-likeness (QED) is 0.558. The van der Waals surface area contributed by atoms with E-state index in [9.17, 15) is 13.0 Å². The lowest BCUT2D eigenvalue weighted by atomic mass is 10.0. The number of piperazine rings is 1. The molecule has 0 aromatic carbocycles. The molecule has 5 rings (SSSR count). The molecule has 9 nitrogen and oxygen atoms in total. The highest BCUT2D eigenvalue weighted by atomic mass is 32.2. The Kier molecular flexibility index (Phi) is 6.06. The maximum Gasteiger partial charge on any atom is 0.282 e. The number of anilines is 1. The van der Waals surface area contributed by atoms with Gasteiger partial charge in [0, 0.05) is 50.1 Å². The van der Waals surface area contributed by atoms with E-state index in [2.05, 4.69) is 41.5 Å². The Morgan fingerprint density at radius 2 is 2.03 bits per heavy atom. The maximum atomic E-state index is 13.2. The summed E-state index contributed by atoms with van der Waals surface area (Å²) in [7, 11) is -1.08. The van der Waals surface area contributed by atoms with Crippen molar-refractivity contribution >= 4 is 22.5 Å². The third-order valence-electron chi connectivity index (χ3n) is 6.40. The molecule has 3 aromatic rings. The van der Waals surface area contributed by atoms with Crippen LogP contribution in [-0.2, 0) is 11.0 Å². The summed E-state index contributed by atoms with van der Waals surface area (Å²) in [4.78, 5) is 17.9. The van der Waals surface area contributed by atoms with Gasteiger partial charge in [0.2, 0.25) is 0 Å². The van der Waals surface area contributed by atoms with Gasteiger partial charge in [0.15, 0.2) is 5.65 Å². The van der Waals surface area contributed by atoms with Crippen LogP contribution in [0.25, 0.3) is 17.0 Å². The minimum absolute atomic E-state index is 0.129. The molecule has 0 bridgehead atoms. The predicted octanol–water partition coefficient (Wildman–Crippen LogP) is 2.05. The Morgan fingerprint density at radius 3 is 2.76 bits per heavy atom. The molecule has 1 saturated carbocycles. The van der Waals surface area contributed by atoms with Crippen molar-refractivity contribution in [3.8, 4) is 11.4 Å². The van der Waals surface area contributed by atoms with Gasteiger partial charge in [0.25, 0.3) is 6.43 Å². The second-order valence-electron chi connectivity index (χ2n) is 8.51. The summed E-state index contributed by atoms with van der Waals surface area (Å²) in [5.74, 6) is 0.755. The van der Waals surface area contributed by atoms with Gasteiger partial charge in [-0.2, -0.15) is 5.10 Å². The predicted molar refractivity (Wildman–Crippen MR) is 121 cm³/mol. The SMILES string of the molecule is CC1C(CNS(C)=O)N(C2CC2)CCN1c1cc(-c2cnc3ccc(C(F)F)nn23)ncn1. The van der Waals surface area contributed by atoms with E-state index in [1.807, 2.05) is 6.07 Å². The molecule has 0 amide bonds. The maximum absolute atomic E-state index is 13.2. The number of nitrogens with zero attached hydrogens (tertiary/aromatic N) is 7. The number of halogens is 2. The molecule has 0 radical (unpaired) electrons. The van der Waals surface area contributed by atoms with Crippen LogP contribution >= 0.6 is 0 Å². The summed E-state index contributed by atoms with van der Waals surface area (Å²) in [6.07, 6.45) is 4.46. The molecule has 1 N–H and O–H groups in total. The van der Waals surface area contributed by atoms with Crippen LogP contribution in [0.5, 0.6) is 0 Å². The zero-order valence-electron chi connectivity index (χ0n) is 18.4. The summed E-state index contributed by atoms with van der Waals surface area (Å²) < 4.78 is 42.5. The summed E-state index contributed by atoms with van der Waals surface area (Å²) >= 11 is 0. The molecule has 4 heterocycles. The molecule has 3 unspecified atom stereocenters. The summed E-state index contributed by atoms with van der Waals surface area (Å²) in [5, 5.41) is 4.04. The average Bonchev–Trinajstić information content (AvgIpc) is 3.56. The number of hydrogen-bond donors (Lipinski definition) is 1. The van der Waals surface area contributed by atoms with E-state index in [4.69, 9.17) is 0 Å². The molecule has 3 aromatic heterocycles. The topological polar surface area (TPSA) is 91.6 Å². The van der Waals surface area contributed by atoms with Crippen LogP contribution in [0.2, 0.25) is 0 Å². The normalized spacial score (nSPS) is 22.9. The molecular formula is C21H26F2N8OS. The largest absolute Gasteiger partial charge is 0.351 e. The first-order chi connectivity index (χ1) is 15.9. The van der Waals surface area contributed by atoms with Crippen molar-refractivity contribution in [1.29, 1.82) is 0 Å². The van der Waals surface area contributed by atoms with Gasteiger partial charge >= 0.3 is 0 Å². The lowest BCUT2D eigenvalue weighted by Crippen LogP contribution is -2.62. The van der Waals surface area contributed by atoms with Gasteiger partial charge in [-0.15, -0.1) is 0 Å². The molecule has 33 heavy (non-hydrogen) atoms. The van der Waals surface area contributed by atoms with Gasteiger partial charge in [-0.1, -0.05) is 0 Å². The number of alkyl halides is 2. The first-order valence-corrected chi connectivity index (χ1v) is 12.5. The van der Waals surface area contributed by atoms with E-state index >= 15 is 0 Å². The third-order valence-corrected chi connectivity index (χ3v) is 6.97. The van der Waals surface area contributed by atoms with Gasteiger partial charge in [-0.25, -0.2) is 37.2 Å². The molecule has 1 aliphatic heterocycles. The van der Waals surface area contributed by atoms with Gasteiger partial charge in [0.1, 0.15) is 23.5 Å². The molecule has 1 aliphatic carbocycles. The summed E-state index contributed by atoms with van der Waals surface area (Å²) in [6, 6.07) is 5.57. The summed E-state index contributed by atoms with van der Waals surface area (Å²) in [5.41, 5.74) is 1.25. The van der Waals surface area contributed by atoms with Crippen LogP contribution < -0.4 is 9.62 Å². The Labute approximate surface area is 192 Å². The van der Waals surface area contributed by atoms with Crippen molar-refractivity contribution in [2.45, 2.75) is 44.3 Å². The fourth-order valence-electron chi connectivity index (χ4n) is 4.57. The average molecular weight is 477 g/mol. The van der Waals surface area contributed by atoms with E-state index in [-0.39, 0.29) is 17.8 Å². The van der Waals surface area contributed by atoms with Gasteiger partial charge in [-0.05, 0) is 31.9 Å². The van der Waals surface area contributed by atoms with Crippen LogP contribution in [0.4, 0.5) is 14.6 Å². The molecular weight excluding hydrogens is 450 g/mol. The Morgan fingerprint density at radius 1 is 1.21 bits per heavy atom. The van der Waals surface area contributed by atoms with Gasteiger partial charge in [0.05, 0.1) is 22.9 Å². The second kappa shape index (κ2) is 8.99. The fraction of sp³-hybridized carbons (Fsp3) is 0.524. The van der Waals surface area contributed by atoms with Crippen molar-refractivity contribution in [2.24, 2.45) is 0 Å². The second-order valence-corrected chi connectivity index (χ2v) is 9.70. The van der Waals surface area contributed by atoms with Gasteiger partial charge in [-0.3, -0.25) is 4.90 Å². The number of nitrogens with one attached hydrogen (secondary N) is 1. The van der Waals surface area contributed by atoms with Crippen LogP contribution in [0.3, 0.4) is 0 Å². The van der Waals surface area contributed by atoms with Crippen molar-refractivity contribution in [3.63, 3.8) is 0 Å². The fourth-order valence-corrected chi connectivity index (χ4v) is 4.98. The number of rotatable bonds is 7. The Bertz CT molecular complexity index is 1170. The number of fused-ring (bicyclic) bond motifs is 1. The highest BCUT2D eigenvalue weighted by Crippen LogP contribution is 2.34. The highest BCUT2D eigenvalue weighted by molar-refractivity contribution is 7.82. The number of aromatic nitrogens is 5.